The number of aliphatic imine (C=N–C) groups is 1. The summed E-state index contributed by atoms with van der Waals surface area (Å²) in [5.74, 6) is 1.18. The van der Waals surface area contributed by atoms with Gasteiger partial charge in [0.05, 0.1) is 5.84 Å². The van der Waals surface area contributed by atoms with Crippen molar-refractivity contribution in [3.05, 3.63) is 0 Å². The quantitative estimate of drug-likeness (QED) is 0.458. The molecule has 0 aromatic rings. The Labute approximate surface area is 83.0 Å². The molecule has 0 bridgehead atoms. The molecule has 0 aromatic carbocycles. The second kappa shape index (κ2) is 8.09. The molecule has 13 heavy (non-hydrogen) atoms. The summed E-state index contributed by atoms with van der Waals surface area (Å²) in [5.41, 5.74) is 0. The number of hydrogen-bond donors (Lipinski definition) is 0. The first-order chi connectivity index (χ1) is 6.26. The van der Waals surface area contributed by atoms with Crippen LogP contribution in [-0.2, 0) is 0 Å². The first-order valence-corrected chi connectivity index (χ1v) is 5.44. The third kappa shape index (κ3) is 5.67. The second-order valence-electron chi connectivity index (χ2n) is 3.46. The molecule has 0 saturated carbocycles. The Balaban J connectivity index is 3.87. The third-order valence-electron chi connectivity index (χ3n) is 2.34. The minimum Gasteiger partial charge on any atom is -0.361 e. The highest BCUT2D eigenvalue weighted by atomic mass is 15.2. The summed E-state index contributed by atoms with van der Waals surface area (Å²) in [6.45, 7) is 8.90. The van der Waals surface area contributed by atoms with Crippen molar-refractivity contribution >= 4 is 5.84 Å². The van der Waals surface area contributed by atoms with E-state index in [1.165, 1.54) is 44.6 Å². The first kappa shape index (κ1) is 12.5. The molecule has 2 heteroatoms. The van der Waals surface area contributed by atoms with Gasteiger partial charge in [0, 0.05) is 20.1 Å². The van der Waals surface area contributed by atoms with Crippen molar-refractivity contribution in [3.63, 3.8) is 0 Å². The lowest BCUT2D eigenvalue weighted by atomic mass is 10.2. The van der Waals surface area contributed by atoms with Gasteiger partial charge in [-0.25, -0.2) is 0 Å². The van der Waals surface area contributed by atoms with E-state index in [9.17, 15) is 0 Å². The molecule has 0 rings (SSSR count). The Kier molecular flexibility index (Phi) is 7.76. The van der Waals surface area contributed by atoms with Crippen LogP contribution in [0.5, 0.6) is 0 Å². The van der Waals surface area contributed by atoms with Gasteiger partial charge in [0.2, 0.25) is 0 Å². The van der Waals surface area contributed by atoms with Crippen molar-refractivity contribution in [2.24, 2.45) is 4.99 Å². The van der Waals surface area contributed by atoms with Crippen LogP contribution in [-0.4, -0.2) is 30.9 Å². The van der Waals surface area contributed by atoms with E-state index in [0.717, 1.165) is 0 Å². The van der Waals surface area contributed by atoms with Crippen LogP contribution in [0.25, 0.3) is 0 Å². The molecule has 0 fully saturated rings. The minimum absolute atomic E-state index is 1.17. The van der Waals surface area contributed by atoms with Gasteiger partial charge in [-0.15, -0.1) is 0 Å². The third-order valence-corrected chi connectivity index (χ3v) is 2.34. The van der Waals surface area contributed by atoms with E-state index in [0.29, 0.717) is 0 Å². The molecule has 2 nitrogen and oxygen atoms in total. The van der Waals surface area contributed by atoms with Crippen LogP contribution >= 0.6 is 0 Å². The fourth-order valence-corrected chi connectivity index (χ4v) is 1.27. The van der Waals surface area contributed by atoms with Gasteiger partial charge >= 0.3 is 0 Å². The zero-order valence-electron chi connectivity index (χ0n) is 9.64. The summed E-state index contributed by atoms with van der Waals surface area (Å²) in [5, 5.41) is 0. The molecule has 0 heterocycles. The van der Waals surface area contributed by atoms with Gasteiger partial charge in [0.15, 0.2) is 0 Å². The molecule has 78 valence electrons. The topological polar surface area (TPSA) is 15.6 Å². The summed E-state index contributed by atoms with van der Waals surface area (Å²) in [7, 11) is 1.88. The number of unbranched alkanes of at least 4 members (excludes halogenated alkanes) is 2. The molecule has 0 aliphatic rings. The zero-order chi connectivity index (χ0) is 10.1. The van der Waals surface area contributed by atoms with E-state index >= 15 is 0 Å². The SMILES string of the molecule is CCCCN(CCCC)/C(C)=N/C. The lowest BCUT2D eigenvalue weighted by molar-refractivity contribution is 0.396. The Morgan fingerprint density at radius 1 is 1.08 bits per heavy atom. The van der Waals surface area contributed by atoms with Gasteiger partial charge in [-0.1, -0.05) is 26.7 Å². The van der Waals surface area contributed by atoms with Crippen molar-refractivity contribution in [3.8, 4) is 0 Å². The van der Waals surface area contributed by atoms with Crippen molar-refractivity contribution in [1.29, 1.82) is 0 Å². The Morgan fingerprint density at radius 3 is 1.85 bits per heavy atom. The van der Waals surface area contributed by atoms with Gasteiger partial charge in [0.25, 0.3) is 0 Å². The van der Waals surface area contributed by atoms with Gasteiger partial charge in [0.1, 0.15) is 0 Å². The number of hydrogen-bond acceptors (Lipinski definition) is 1. The molecule has 0 radical (unpaired) electrons. The van der Waals surface area contributed by atoms with Gasteiger partial charge in [-0.2, -0.15) is 0 Å². The van der Waals surface area contributed by atoms with Crippen LogP contribution in [0.1, 0.15) is 46.5 Å². The number of rotatable bonds is 6. The summed E-state index contributed by atoms with van der Waals surface area (Å²) in [4.78, 5) is 6.63. The predicted octanol–water partition coefficient (Wildman–Crippen LogP) is 2.94. The summed E-state index contributed by atoms with van der Waals surface area (Å²) in [6.07, 6.45) is 5.08. The highest BCUT2D eigenvalue weighted by Gasteiger charge is 2.03. The molecular formula is C11H24N2. The molecule has 0 saturated heterocycles. The highest BCUT2D eigenvalue weighted by Crippen LogP contribution is 2.00. The largest absolute Gasteiger partial charge is 0.361 e. The average Bonchev–Trinajstić information content (AvgIpc) is 2.17. The molecule has 0 N–H and O–H groups in total. The average molecular weight is 184 g/mol. The lowest BCUT2D eigenvalue weighted by Gasteiger charge is -2.23. The van der Waals surface area contributed by atoms with Gasteiger partial charge in [-0.05, 0) is 19.8 Å². The minimum atomic E-state index is 1.17. The lowest BCUT2D eigenvalue weighted by Crippen LogP contribution is -2.30. The van der Waals surface area contributed by atoms with Crippen molar-refractivity contribution in [2.45, 2.75) is 46.5 Å². The molecule has 0 atom stereocenters. The van der Waals surface area contributed by atoms with E-state index in [4.69, 9.17) is 0 Å². The summed E-state index contributed by atoms with van der Waals surface area (Å²) in [6, 6.07) is 0. The number of nitrogens with zero attached hydrogens (tertiary/aromatic N) is 2. The molecule has 0 aromatic heterocycles. The van der Waals surface area contributed by atoms with Gasteiger partial charge < -0.3 is 4.90 Å². The normalized spacial score (nSPS) is 11.8. The smallest absolute Gasteiger partial charge is 0.0954 e. The van der Waals surface area contributed by atoms with Crippen LogP contribution in [0.4, 0.5) is 0 Å². The van der Waals surface area contributed by atoms with Crippen LogP contribution < -0.4 is 0 Å². The summed E-state index contributed by atoms with van der Waals surface area (Å²) < 4.78 is 0. The fourth-order valence-electron chi connectivity index (χ4n) is 1.27. The Morgan fingerprint density at radius 2 is 1.54 bits per heavy atom. The van der Waals surface area contributed by atoms with Gasteiger partial charge in [-0.3, -0.25) is 4.99 Å². The highest BCUT2D eigenvalue weighted by molar-refractivity contribution is 5.79. The molecule has 0 aliphatic carbocycles. The van der Waals surface area contributed by atoms with E-state index in [2.05, 4.69) is 30.7 Å². The van der Waals surface area contributed by atoms with Crippen LogP contribution in [0.2, 0.25) is 0 Å². The van der Waals surface area contributed by atoms with Crippen LogP contribution in [0.15, 0.2) is 4.99 Å². The predicted molar refractivity (Wildman–Crippen MR) is 60.4 cm³/mol. The molecule has 0 unspecified atom stereocenters. The van der Waals surface area contributed by atoms with Crippen molar-refractivity contribution in [2.75, 3.05) is 20.1 Å². The Bertz CT molecular complexity index is 133. The van der Waals surface area contributed by atoms with E-state index in [1.54, 1.807) is 0 Å². The molecular weight excluding hydrogens is 160 g/mol. The van der Waals surface area contributed by atoms with Crippen LogP contribution in [0.3, 0.4) is 0 Å². The number of amidine groups is 1. The monoisotopic (exact) mass is 184 g/mol. The van der Waals surface area contributed by atoms with E-state index in [-0.39, 0.29) is 0 Å². The fraction of sp³-hybridized carbons (Fsp3) is 0.909. The first-order valence-electron chi connectivity index (χ1n) is 5.44. The van der Waals surface area contributed by atoms with E-state index < -0.39 is 0 Å². The maximum absolute atomic E-state index is 4.24. The molecule has 0 spiro atoms. The maximum Gasteiger partial charge on any atom is 0.0954 e. The Hall–Kier alpha value is -0.530. The van der Waals surface area contributed by atoms with E-state index in [1.807, 2.05) is 7.05 Å². The second-order valence-corrected chi connectivity index (χ2v) is 3.46. The zero-order valence-corrected chi connectivity index (χ0v) is 9.64. The standard InChI is InChI=1S/C11H24N2/c1-5-7-9-13(10-8-6-2)11(3)12-4/h5-10H2,1-4H3/b12-11+. The molecule has 0 aliphatic heterocycles. The van der Waals surface area contributed by atoms with Crippen LogP contribution in [0, 0.1) is 0 Å². The van der Waals surface area contributed by atoms with Crippen molar-refractivity contribution < 1.29 is 0 Å². The van der Waals surface area contributed by atoms with Crippen molar-refractivity contribution in [1.82, 2.24) is 4.90 Å². The summed E-state index contributed by atoms with van der Waals surface area (Å²) >= 11 is 0. The molecule has 0 amide bonds. The maximum atomic E-state index is 4.24.